The van der Waals surface area contributed by atoms with Crippen molar-refractivity contribution < 1.29 is 19.1 Å². The summed E-state index contributed by atoms with van der Waals surface area (Å²) in [5.74, 6) is 0. The number of hydrogen-bond acceptors (Lipinski definition) is 5. The van der Waals surface area contributed by atoms with E-state index in [9.17, 15) is 9.59 Å². The van der Waals surface area contributed by atoms with Gasteiger partial charge in [-0.2, -0.15) is 5.01 Å². The molecular formula is C14H27N3O4. The Morgan fingerprint density at radius 1 is 0.905 bits per heavy atom. The quantitative estimate of drug-likeness (QED) is 0.745. The number of nitrogens with zero attached hydrogens (tertiary/aromatic N) is 2. The van der Waals surface area contributed by atoms with Crippen LogP contribution in [0.2, 0.25) is 0 Å². The Kier molecular flexibility index (Phi) is 5.44. The van der Waals surface area contributed by atoms with Crippen molar-refractivity contribution in [1.82, 2.24) is 15.6 Å². The van der Waals surface area contributed by atoms with Crippen LogP contribution in [0.5, 0.6) is 0 Å². The van der Waals surface area contributed by atoms with Gasteiger partial charge in [0.2, 0.25) is 0 Å². The third-order valence-corrected chi connectivity index (χ3v) is 2.47. The van der Waals surface area contributed by atoms with Crippen molar-refractivity contribution in [3.8, 4) is 0 Å². The lowest BCUT2D eigenvalue weighted by atomic mass is 10.2. The first-order chi connectivity index (χ1) is 9.49. The van der Waals surface area contributed by atoms with Crippen molar-refractivity contribution in [3.05, 3.63) is 0 Å². The van der Waals surface area contributed by atoms with Crippen molar-refractivity contribution in [2.75, 3.05) is 13.1 Å². The normalized spacial score (nSPS) is 17.2. The molecule has 0 unspecified atom stereocenters. The first-order valence-corrected chi connectivity index (χ1v) is 7.27. The van der Waals surface area contributed by atoms with Gasteiger partial charge in [0.05, 0.1) is 0 Å². The Labute approximate surface area is 126 Å². The van der Waals surface area contributed by atoms with E-state index in [4.69, 9.17) is 9.47 Å². The molecule has 1 rings (SSSR count). The van der Waals surface area contributed by atoms with Gasteiger partial charge in [0, 0.05) is 13.1 Å². The highest BCUT2D eigenvalue weighted by molar-refractivity contribution is 5.74. The zero-order chi connectivity index (χ0) is 16.3. The van der Waals surface area contributed by atoms with E-state index >= 15 is 0 Å². The lowest BCUT2D eigenvalue weighted by molar-refractivity contribution is -0.0787. The number of hydrazine groups is 2. The fraction of sp³-hybridized carbons (Fsp3) is 0.857. The average Bonchev–Trinajstić information content (AvgIpc) is 2.48. The molecule has 21 heavy (non-hydrogen) atoms. The first-order valence-electron chi connectivity index (χ1n) is 7.27. The van der Waals surface area contributed by atoms with Crippen LogP contribution in [-0.2, 0) is 9.47 Å². The smallest absolute Gasteiger partial charge is 0.442 e. The molecule has 0 aromatic heterocycles. The Balaban J connectivity index is 2.85. The van der Waals surface area contributed by atoms with E-state index < -0.39 is 23.4 Å². The minimum absolute atomic E-state index is 0.404. The number of nitrogens with one attached hydrogen (secondary N) is 1. The molecule has 7 nitrogen and oxygen atoms in total. The van der Waals surface area contributed by atoms with Gasteiger partial charge in [-0.25, -0.2) is 15.0 Å². The Hall–Kier alpha value is -1.50. The second-order valence-corrected chi connectivity index (χ2v) is 7.01. The van der Waals surface area contributed by atoms with Gasteiger partial charge >= 0.3 is 12.2 Å². The predicted octanol–water partition coefficient (Wildman–Crippen LogP) is 2.67. The summed E-state index contributed by atoms with van der Waals surface area (Å²) >= 11 is 0. The number of rotatable bonds is 0. The van der Waals surface area contributed by atoms with Crippen LogP contribution in [0.1, 0.15) is 54.4 Å². The van der Waals surface area contributed by atoms with Crippen molar-refractivity contribution in [2.45, 2.75) is 65.6 Å². The molecule has 7 heteroatoms. The van der Waals surface area contributed by atoms with Crippen LogP contribution in [-0.4, -0.2) is 46.6 Å². The minimum atomic E-state index is -0.634. The van der Waals surface area contributed by atoms with Crippen LogP contribution < -0.4 is 5.43 Å². The molecule has 1 fully saturated rings. The van der Waals surface area contributed by atoms with Gasteiger partial charge in [-0.15, -0.1) is 5.12 Å². The molecule has 0 atom stereocenters. The molecule has 0 bridgehead atoms. The molecule has 1 aliphatic heterocycles. The van der Waals surface area contributed by atoms with Crippen LogP contribution in [0.25, 0.3) is 0 Å². The second-order valence-electron chi connectivity index (χ2n) is 7.01. The molecular weight excluding hydrogens is 274 g/mol. The molecule has 0 radical (unpaired) electrons. The monoisotopic (exact) mass is 301 g/mol. The SMILES string of the molecule is CC(C)(C)OC(=O)N1CCCCNN1C(=O)OC(C)(C)C. The molecule has 0 aliphatic carbocycles. The van der Waals surface area contributed by atoms with Gasteiger partial charge in [-0.05, 0) is 54.4 Å². The third kappa shape index (κ3) is 6.20. The Bertz CT molecular complexity index is 349. The highest BCUT2D eigenvalue weighted by Gasteiger charge is 2.33. The van der Waals surface area contributed by atoms with Gasteiger partial charge in [-0.3, -0.25) is 0 Å². The van der Waals surface area contributed by atoms with Gasteiger partial charge in [0.1, 0.15) is 11.2 Å². The summed E-state index contributed by atoms with van der Waals surface area (Å²) in [4.78, 5) is 24.5. The molecule has 0 spiro atoms. The van der Waals surface area contributed by atoms with Crippen LogP contribution in [0, 0.1) is 0 Å². The van der Waals surface area contributed by atoms with Crippen molar-refractivity contribution in [1.29, 1.82) is 0 Å². The maximum Gasteiger partial charge on any atom is 0.444 e. The van der Waals surface area contributed by atoms with Crippen LogP contribution in [0.15, 0.2) is 0 Å². The molecule has 1 heterocycles. The fourth-order valence-electron chi connectivity index (χ4n) is 1.71. The standard InChI is InChI=1S/C14H27N3O4/c1-13(2,3)20-11(18)16-10-8-7-9-15-17(16)12(19)21-14(4,5)6/h15H,7-10H2,1-6H3. The summed E-state index contributed by atoms with van der Waals surface area (Å²) in [6.07, 6.45) is 0.461. The minimum Gasteiger partial charge on any atom is -0.442 e. The maximum absolute atomic E-state index is 12.3. The molecule has 0 saturated carbocycles. The maximum atomic E-state index is 12.3. The molecule has 0 aromatic rings. The highest BCUT2D eigenvalue weighted by atomic mass is 16.6. The number of amides is 2. The molecule has 1 aliphatic rings. The molecule has 2 amide bonds. The molecule has 1 saturated heterocycles. The lowest BCUT2D eigenvalue weighted by Gasteiger charge is -2.34. The van der Waals surface area contributed by atoms with E-state index in [0.717, 1.165) is 18.0 Å². The van der Waals surface area contributed by atoms with E-state index in [-0.39, 0.29) is 0 Å². The van der Waals surface area contributed by atoms with Gasteiger partial charge < -0.3 is 9.47 Å². The molecule has 1 N–H and O–H groups in total. The van der Waals surface area contributed by atoms with Crippen molar-refractivity contribution >= 4 is 12.2 Å². The summed E-state index contributed by atoms with van der Waals surface area (Å²) in [6, 6.07) is 0. The van der Waals surface area contributed by atoms with Crippen LogP contribution in [0.3, 0.4) is 0 Å². The summed E-state index contributed by atoms with van der Waals surface area (Å²) in [7, 11) is 0. The second kappa shape index (κ2) is 6.51. The highest BCUT2D eigenvalue weighted by Crippen LogP contribution is 2.16. The van der Waals surface area contributed by atoms with E-state index in [0.29, 0.717) is 13.1 Å². The van der Waals surface area contributed by atoms with Gasteiger partial charge in [0.15, 0.2) is 0 Å². The summed E-state index contributed by atoms with van der Waals surface area (Å²) < 4.78 is 10.7. The van der Waals surface area contributed by atoms with E-state index in [1.807, 2.05) is 0 Å². The number of carbonyl (C=O) groups is 2. The average molecular weight is 301 g/mol. The molecule has 0 aromatic carbocycles. The van der Waals surface area contributed by atoms with E-state index in [2.05, 4.69) is 5.43 Å². The van der Waals surface area contributed by atoms with Gasteiger partial charge in [0.25, 0.3) is 0 Å². The number of carbonyl (C=O) groups excluding carboxylic acids is 2. The summed E-state index contributed by atoms with van der Waals surface area (Å²) in [6.45, 7) is 11.7. The topological polar surface area (TPSA) is 71.1 Å². The third-order valence-electron chi connectivity index (χ3n) is 2.47. The lowest BCUT2D eigenvalue weighted by Crippen LogP contribution is -2.57. The Morgan fingerprint density at radius 2 is 1.43 bits per heavy atom. The zero-order valence-corrected chi connectivity index (χ0v) is 13.9. The van der Waals surface area contributed by atoms with Crippen molar-refractivity contribution in [3.63, 3.8) is 0 Å². The van der Waals surface area contributed by atoms with Crippen molar-refractivity contribution in [2.24, 2.45) is 0 Å². The fourth-order valence-corrected chi connectivity index (χ4v) is 1.71. The summed E-state index contributed by atoms with van der Waals surface area (Å²) in [5.41, 5.74) is 1.65. The van der Waals surface area contributed by atoms with E-state index in [1.54, 1.807) is 41.5 Å². The van der Waals surface area contributed by atoms with E-state index in [1.165, 1.54) is 5.01 Å². The van der Waals surface area contributed by atoms with Gasteiger partial charge in [-0.1, -0.05) is 0 Å². The first kappa shape index (κ1) is 17.6. The zero-order valence-electron chi connectivity index (χ0n) is 13.9. The number of hydrogen-bond donors (Lipinski definition) is 1. The molecule has 122 valence electrons. The largest absolute Gasteiger partial charge is 0.444 e. The summed E-state index contributed by atoms with van der Waals surface area (Å²) in [5, 5.41) is 2.37. The van der Waals surface area contributed by atoms with Crippen LogP contribution >= 0.6 is 0 Å². The predicted molar refractivity (Wildman–Crippen MR) is 78.2 cm³/mol. The number of ether oxygens (including phenoxy) is 2. The van der Waals surface area contributed by atoms with Crippen LogP contribution in [0.4, 0.5) is 9.59 Å². The Morgan fingerprint density at radius 3 is 1.95 bits per heavy atom.